The number of nitrogens with one attached hydrogen (secondary N) is 2. The second-order valence-corrected chi connectivity index (χ2v) is 9.10. The van der Waals surface area contributed by atoms with Gasteiger partial charge in [-0.15, -0.1) is 4.72 Å². The molecular weight excluding hydrogens is 244 g/mol. The molecule has 1 saturated heterocycles. The van der Waals surface area contributed by atoms with Crippen molar-refractivity contribution in [1.29, 1.82) is 0 Å². The third kappa shape index (κ3) is 2.87. The van der Waals surface area contributed by atoms with Gasteiger partial charge < -0.3 is 9.87 Å². The summed E-state index contributed by atoms with van der Waals surface area (Å²) in [6.45, 7) is 10.7. The van der Waals surface area contributed by atoms with Gasteiger partial charge >= 0.3 is 0 Å². The standard InChI is InChI=1S/C14H28N2OS/c1-11-5-6-14(7-9-15-10-8-14)12(11)16-18(17)13(2,3)4/h11-12,15-16H,5-10H2,1-4H3/t11?,12-,18?/m1/s1. The molecule has 1 spiro atoms. The van der Waals surface area contributed by atoms with E-state index in [4.69, 9.17) is 0 Å². The van der Waals surface area contributed by atoms with Gasteiger partial charge in [0.2, 0.25) is 0 Å². The van der Waals surface area contributed by atoms with Crippen molar-refractivity contribution in [3.05, 3.63) is 0 Å². The topological polar surface area (TPSA) is 47.1 Å². The van der Waals surface area contributed by atoms with Gasteiger partial charge in [0, 0.05) is 11.4 Å². The first-order chi connectivity index (χ1) is 8.35. The van der Waals surface area contributed by atoms with Gasteiger partial charge in [-0.1, -0.05) is 6.92 Å². The minimum atomic E-state index is -0.946. The van der Waals surface area contributed by atoms with Crippen LogP contribution in [0.1, 0.15) is 53.4 Å². The van der Waals surface area contributed by atoms with Crippen LogP contribution in [0.3, 0.4) is 0 Å². The van der Waals surface area contributed by atoms with Gasteiger partial charge in [0.05, 0.1) is 6.04 Å². The Hall–Kier alpha value is 0.230. The van der Waals surface area contributed by atoms with Crippen molar-refractivity contribution in [2.75, 3.05) is 13.1 Å². The zero-order chi connectivity index (χ0) is 13.4. The molecule has 106 valence electrons. The van der Waals surface area contributed by atoms with Crippen LogP contribution in [0, 0.1) is 11.3 Å². The monoisotopic (exact) mass is 272 g/mol. The summed E-state index contributed by atoms with van der Waals surface area (Å²) in [7, 11) is 0. The summed E-state index contributed by atoms with van der Waals surface area (Å²) in [5, 5.41) is 3.45. The van der Waals surface area contributed by atoms with Gasteiger partial charge in [-0.3, -0.25) is 0 Å². The summed E-state index contributed by atoms with van der Waals surface area (Å²) >= 11 is -0.946. The molecule has 18 heavy (non-hydrogen) atoms. The van der Waals surface area contributed by atoms with Crippen LogP contribution < -0.4 is 10.0 Å². The van der Waals surface area contributed by atoms with E-state index in [0.717, 1.165) is 13.1 Å². The highest BCUT2D eigenvalue weighted by Crippen LogP contribution is 2.48. The molecule has 4 heteroatoms. The SMILES string of the molecule is CC1CCC2(CCNCC2)[C@@H]1N[S+]([O-])C(C)(C)C. The Labute approximate surface area is 115 Å². The van der Waals surface area contributed by atoms with E-state index in [-0.39, 0.29) is 4.75 Å². The Morgan fingerprint density at radius 3 is 2.39 bits per heavy atom. The second-order valence-electron chi connectivity index (χ2n) is 7.10. The van der Waals surface area contributed by atoms with E-state index in [1.54, 1.807) is 0 Å². The molecule has 2 N–H and O–H groups in total. The summed E-state index contributed by atoms with van der Waals surface area (Å²) in [4.78, 5) is 0. The van der Waals surface area contributed by atoms with Crippen LogP contribution in [0.5, 0.6) is 0 Å². The molecule has 0 aromatic rings. The maximum absolute atomic E-state index is 12.4. The lowest BCUT2D eigenvalue weighted by atomic mass is 9.74. The predicted octanol–water partition coefficient (Wildman–Crippen LogP) is 2.21. The van der Waals surface area contributed by atoms with Gasteiger partial charge in [-0.2, -0.15) is 0 Å². The first kappa shape index (κ1) is 14.6. The minimum Gasteiger partial charge on any atom is -0.598 e. The Kier molecular flexibility index (Phi) is 4.32. The van der Waals surface area contributed by atoms with Crippen molar-refractivity contribution in [3.8, 4) is 0 Å². The van der Waals surface area contributed by atoms with E-state index in [1.165, 1.54) is 25.7 Å². The lowest BCUT2D eigenvalue weighted by Crippen LogP contribution is -2.54. The van der Waals surface area contributed by atoms with E-state index in [2.05, 4.69) is 17.0 Å². The van der Waals surface area contributed by atoms with Crippen LogP contribution in [0.15, 0.2) is 0 Å². The molecular formula is C14H28N2OS. The number of rotatable bonds is 2. The maximum Gasteiger partial charge on any atom is 0.136 e. The van der Waals surface area contributed by atoms with Crippen molar-refractivity contribution in [2.45, 2.75) is 64.2 Å². The second kappa shape index (κ2) is 5.31. The molecule has 2 aliphatic rings. The number of hydrogen-bond acceptors (Lipinski definition) is 3. The van der Waals surface area contributed by atoms with Crippen molar-refractivity contribution in [1.82, 2.24) is 10.0 Å². The molecule has 0 bridgehead atoms. The predicted molar refractivity (Wildman–Crippen MR) is 77.8 cm³/mol. The van der Waals surface area contributed by atoms with E-state index < -0.39 is 11.4 Å². The Morgan fingerprint density at radius 2 is 1.83 bits per heavy atom. The van der Waals surface area contributed by atoms with E-state index >= 15 is 0 Å². The zero-order valence-corrected chi connectivity index (χ0v) is 13.0. The molecule has 3 atom stereocenters. The van der Waals surface area contributed by atoms with Gasteiger partial charge in [0.1, 0.15) is 4.75 Å². The van der Waals surface area contributed by atoms with Crippen LogP contribution in [0.25, 0.3) is 0 Å². The zero-order valence-electron chi connectivity index (χ0n) is 12.2. The number of hydrogen-bond donors (Lipinski definition) is 2. The molecule has 1 heterocycles. The largest absolute Gasteiger partial charge is 0.598 e. The smallest absolute Gasteiger partial charge is 0.136 e. The number of piperidine rings is 1. The molecule has 2 unspecified atom stereocenters. The Morgan fingerprint density at radius 1 is 1.22 bits per heavy atom. The van der Waals surface area contributed by atoms with Crippen LogP contribution in [0.2, 0.25) is 0 Å². The summed E-state index contributed by atoms with van der Waals surface area (Å²) < 4.78 is 15.7. The van der Waals surface area contributed by atoms with Crippen LogP contribution in [-0.2, 0) is 11.4 Å². The first-order valence-corrected chi connectivity index (χ1v) is 8.39. The lowest BCUT2D eigenvalue weighted by molar-refractivity contribution is 0.162. The minimum absolute atomic E-state index is 0.170. The van der Waals surface area contributed by atoms with Crippen LogP contribution in [0.4, 0.5) is 0 Å². The maximum atomic E-state index is 12.4. The average Bonchev–Trinajstić information content (AvgIpc) is 2.58. The molecule has 0 aromatic carbocycles. The highest BCUT2D eigenvalue weighted by Gasteiger charge is 2.49. The van der Waals surface area contributed by atoms with E-state index in [0.29, 0.717) is 17.4 Å². The Bertz CT molecular complexity index is 278. The van der Waals surface area contributed by atoms with Gasteiger partial charge in [-0.05, 0) is 70.9 Å². The molecule has 2 fully saturated rings. The third-order valence-corrected chi connectivity index (χ3v) is 6.30. The molecule has 3 nitrogen and oxygen atoms in total. The highest BCUT2D eigenvalue weighted by atomic mass is 32.2. The summed E-state index contributed by atoms with van der Waals surface area (Å²) in [5.41, 5.74) is 0.394. The third-order valence-electron chi connectivity index (χ3n) is 4.72. The van der Waals surface area contributed by atoms with E-state index in [9.17, 15) is 4.55 Å². The molecule has 2 rings (SSSR count). The van der Waals surface area contributed by atoms with E-state index in [1.807, 2.05) is 20.8 Å². The van der Waals surface area contributed by atoms with Crippen LogP contribution in [-0.4, -0.2) is 28.4 Å². The normalized spacial score (nSPS) is 33.8. The molecule has 1 aliphatic carbocycles. The molecule has 0 radical (unpaired) electrons. The summed E-state index contributed by atoms with van der Waals surface area (Å²) in [5.74, 6) is 0.648. The van der Waals surface area contributed by atoms with Crippen molar-refractivity contribution >= 4 is 11.4 Å². The van der Waals surface area contributed by atoms with Gasteiger partial charge in [0.15, 0.2) is 0 Å². The fourth-order valence-corrected chi connectivity index (χ4v) is 4.53. The van der Waals surface area contributed by atoms with Gasteiger partial charge in [0.25, 0.3) is 0 Å². The summed E-state index contributed by atoms with van der Waals surface area (Å²) in [6.07, 6.45) is 5.04. The summed E-state index contributed by atoms with van der Waals surface area (Å²) in [6, 6.07) is 0.430. The lowest BCUT2D eigenvalue weighted by Gasteiger charge is -2.41. The first-order valence-electron chi connectivity index (χ1n) is 7.24. The van der Waals surface area contributed by atoms with Gasteiger partial charge in [-0.25, -0.2) is 0 Å². The molecule has 0 amide bonds. The van der Waals surface area contributed by atoms with Crippen molar-refractivity contribution in [2.24, 2.45) is 11.3 Å². The molecule has 1 saturated carbocycles. The quantitative estimate of drug-likeness (QED) is 0.758. The average molecular weight is 272 g/mol. The molecule has 1 aliphatic heterocycles. The fraction of sp³-hybridized carbons (Fsp3) is 1.00. The fourth-order valence-electron chi connectivity index (χ4n) is 3.46. The Balaban J connectivity index is 2.08. The highest BCUT2D eigenvalue weighted by molar-refractivity contribution is 7.90. The van der Waals surface area contributed by atoms with Crippen molar-refractivity contribution < 1.29 is 4.55 Å². The van der Waals surface area contributed by atoms with Crippen LogP contribution >= 0.6 is 0 Å². The van der Waals surface area contributed by atoms with Crippen molar-refractivity contribution in [3.63, 3.8) is 0 Å². The molecule has 0 aromatic heterocycles.